The van der Waals surface area contributed by atoms with Crippen LogP contribution in [0, 0.1) is 0 Å². The molecule has 2 amide bonds. The lowest BCUT2D eigenvalue weighted by molar-refractivity contribution is -0.134. The Morgan fingerprint density at radius 2 is 2.08 bits per heavy atom. The number of nitrogens with zero attached hydrogens (tertiary/aromatic N) is 1. The molecular formula is C7H12N2O3. The van der Waals surface area contributed by atoms with Crippen molar-refractivity contribution in [1.82, 2.24) is 10.2 Å². The first kappa shape index (κ1) is 8.83. The van der Waals surface area contributed by atoms with Crippen LogP contribution in [0.2, 0.25) is 0 Å². The first-order chi connectivity index (χ1) is 5.70. The summed E-state index contributed by atoms with van der Waals surface area (Å²) in [6.07, 6.45) is 0.260. The molecule has 0 atom stereocenters. The molecule has 1 saturated heterocycles. The van der Waals surface area contributed by atoms with E-state index in [1.165, 1.54) is 0 Å². The highest BCUT2D eigenvalue weighted by Crippen LogP contribution is 2.06. The van der Waals surface area contributed by atoms with Crippen molar-refractivity contribution in [2.45, 2.75) is 12.8 Å². The van der Waals surface area contributed by atoms with Crippen molar-refractivity contribution in [3.05, 3.63) is 0 Å². The molecule has 5 nitrogen and oxygen atoms in total. The van der Waals surface area contributed by atoms with E-state index in [-0.39, 0.29) is 18.9 Å². The van der Waals surface area contributed by atoms with Crippen LogP contribution >= 0.6 is 0 Å². The molecule has 5 heteroatoms. The first-order valence-corrected chi connectivity index (χ1v) is 3.95. The predicted molar refractivity (Wildman–Crippen MR) is 41.8 cm³/mol. The number of likely N-dealkylation sites (tertiary alicyclic amines) is 1. The molecule has 0 aliphatic carbocycles. The van der Waals surface area contributed by atoms with Crippen molar-refractivity contribution in [3.63, 3.8) is 0 Å². The zero-order valence-electron chi connectivity index (χ0n) is 6.75. The van der Waals surface area contributed by atoms with E-state index in [0.717, 1.165) is 19.5 Å². The quantitative estimate of drug-likeness (QED) is 0.623. The van der Waals surface area contributed by atoms with Crippen molar-refractivity contribution in [2.24, 2.45) is 0 Å². The summed E-state index contributed by atoms with van der Waals surface area (Å²) in [5.74, 6) is 0.0370. The highest BCUT2D eigenvalue weighted by molar-refractivity contribution is 5.77. The van der Waals surface area contributed by atoms with Gasteiger partial charge in [-0.1, -0.05) is 0 Å². The fourth-order valence-electron chi connectivity index (χ4n) is 1.00. The average molecular weight is 172 g/mol. The molecule has 0 aromatic rings. The van der Waals surface area contributed by atoms with E-state index in [0.29, 0.717) is 0 Å². The topological polar surface area (TPSA) is 69.6 Å². The Morgan fingerprint density at radius 3 is 2.50 bits per heavy atom. The summed E-state index contributed by atoms with van der Waals surface area (Å²) in [6, 6.07) is 0. The van der Waals surface area contributed by atoms with E-state index in [1.807, 2.05) is 0 Å². The summed E-state index contributed by atoms with van der Waals surface area (Å²) in [5, 5.41) is 10.3. The molecule has 0 bridgehead atoms. The number of carbonyl (C=O) groups excluding carboxylic acids is 1. The van der Waals surface area contributed by atoms with Gasteiger partial charge in [0, 0.05) is 26.1 Å². The van der Waals surface area contributed by atoms with Crippen LogP contribution in [-0.2, 0) is 4.79 Å². The minimum Gasteiger partial charge on any atom is -0.465 e. The summed E-state index contributed by atoms with van der Waals surface area (Å²) in [5.41, 5.74) is 0. The third-order valence-electron chi connectivity index (χ3n) is 1.82. The van der Waals surface area contributed by atoms with Gasteiger partial charge in [0.25, 0.3) is 0 Å². The second kappa shape index (κ2) is 3.94. The lowest BCUT2D eigenvalue weighted by atomic mass is 10.2. The van der Waals surface area contributed by atoms with Crippen molar-refractivity contribution < 1.29 is 14.7 Å². The summed E-state index contributed by atoms with van der Waals surface area (Å²) in [4.78, 5) is 22.8. The molecule has 2 N–H and O–H groups in total. The Balaban J connectivity index is 2.05. The lowest BCUT2D eigenvalue weighted by Gasteiger charge is -2.30. The summed E-state index contributed by atoms with van der Waals surface area (Å²) in [6.45, 7) is 1.86. The molecule has 1 aliphatic heterocycles. The number of amides is 2. The van der Waals surface area contributed by atoms with Gasteiger partial charge in [-0.2, -0.15) is 0 Å². The van der Waals surface area contributed by atoms with Crippen LogP contribution in [0.1, 0.15) is 12.8 Å². The third-order valence-corrected chi connectivity index (χ3v) is 1.82. The van der Waals surface area contributed by atoms with E-state index in [1.54, 1.807) is 4.90 Å². The second-order valence-electron chi connectivity index (χ2n) is 2.72. The van der Waals surface area contributed by atoms with E-state index in [2.05, 4.69) is 5.32 Å². The number of carboxylic acid groups (broad SMARTS) is 1. The Morgan fingerprint density at radius 1 is 1.42 bits per heavy atom. The third kappa shape index (κ3) is 2.41. The molecule has 0 aromatic carbocycles. The van der Waals surface area contributed by atoms with E-state index < -0.39 is 6.09 Å². The van der Waals surface area contributed by atoms with Gasteiger partial charge in [0.05, 0.1) is 0 Å². The summed E-state index contributed by atoms with van der Waals surface area (Å²) < 4.78 is 0. The van der Waals surface area contributed by atoms with Gasteiger partial charge >= 0.3 is 6.09 Å². The van der Waals surface area contributed by atoms with Gasteiger partial charge in [0.1, 0.15) is 0 Å². The molecule has 0 aromatic heterocycles. The van der Waals surface area contributed by atoms with Crippen molar-refractivity contribution in [1.29, 1.82) is 0 Å². The van der Waals surface area contributed by atoms with Crippen LogP contribution in [0.5, 0.6) is 0 Å². The maximum Gasteiger partial charge on any atom is 0.404 e. The van der Waals surface area contributed by atoms with Crippen LogP contribution < -0.4 is 5.32 Å². The molecule has 12 heavy (non-hydrogen) atoms. The molecule has 1 fully saturated rings. The van der Waals surface area contributed by atoms with Crippen LogP contribution in [0.4, 0.5) is 4.79 Å². The SMILES string of the molecule is O=C(O)NCCC(=O)N1CCC1. The second-order valence-corrected chi connectivity index (χ2v) is 2.72. The maximum absolute atomic E-state index is 11.1. The minimum absolute atomic E-state index is 0.0370. The van der Waals surface area contributed by atoms with E-state index in [4.69, 9.17) is 5.11 Å². The summed E-state index contributed by atoms with van der Waals surface area (Å²) >= 11 is 0. The molecule has 0 radical (unpaired) electrons. The number of hydrogen-bond acceptors (Lipinski definition) is 2. The van der Waals surface area contributed by atoms with E-state index >= 15 is 0 Å². The van der Waals surface area contributed by atoms with Gasteiger partial charge in [-0.25, -0.2) is 4.79 Å². The van der Waals surface area contributed by atoms with Crippen LogP contribution in [0.15, 0.2) is 0 Å². The average Bonchev–Trinajstić information content (AvgIpc) is 1.81. The minimum atomic E-state index is -1.08. The molecule has 0 unspecified atom stereocenters. The maximum atomic E-state index is 11.1. The van der Waals surface area contributed by atoms with Crippen molar-refractivity contribution >= 4 is 12.0 Å². The van der Waals surface area contributed by atoms with Gasteiger partial charge in [-0.3, -0.25) is 4.79 Å². The zero-order valence-corrected chi connectivity index (χ0v) is 6.75. The monoisotopic (exact) mass is 172 g/mol. The van der Waals surface area contributed by atoms with Crippen LogP contribution in [0.3, 0.4) is 0 Å². The highest BCUT2D eigenvalue weighted by atomic mass is 16.4. The molecule has 1 aliphatic rings. The first-order valence-electron chi connectivity index (χ1n) is 3.95. The van der Waals surface area contributed by atoms with Gasteiger partial charge in [0.15, 0.2) is 0 Å². The van der Waals surface area contributed by atoms with Gasteiger partial charge < -0.3 is 15.3 Å². The molecule has 1 heterocycles. The van der Waals surface area contributed by atoms with Gasteiger partial charge in [-0.05, 0) is 6.42 Å². The summed E-state index contributed by atoms with van der Waals surface area (Å²) in [7, 11) is 0. The smallest absolute Gasteiger partial charge is 0.404 e. The Bertz CT molecular complexity index is 189. The zero-order chi connectivity index (χ0) is 8.97. The van der Waals surface area contributed by atoms with Crippen LogP contribution in [-0.4, -0.2) is 41.6 Å². The number of carbonyl (C=O) groups is 2. The predicted octanol–water partition coefficient (Wildman–Crippen LogP) is -0.124. The Labute approximate surface area is 70.4 Å². The highest BCUT2D eigenvalue weighted by Gasteiger charge is 2.19. The van der Waals surface area contributed by atoms with Crippen LogP contribution in [0.25, 0.3) is 0 Å². The molecule has 0 spiro atoms. The molecule has 1 rings (SSSR count). The number of nitrogens with one attached hydrogen (secondary N) is 1. The molecule has 0 saturated carbocycles. The standard InChI is InChI=1S/C7H12N2O3/c10-6(9-4-1-5-9)2-3-8-7(11)12/h8H,1-5H2,(H,11,12). The normalized spacial score (nSPS) is 15.2. The lowest BCUT2D eigenvalue weighted by Crippen LogP contribution is -2.43. The van der Waals surface area contributed by atoms with Gasteiger partial charge in [-0.15, -0.1) is 0 Å². The Hall–Kier alpha value is -1.26. The number of rotatable bonds is 3. The number of hydrogen-bond donors (Lipinski definition) is 2. The fraction of sp³-hybridized carbons (Fsp3) is 0.714. The van der Waals surface area contributed by atoms with Crippen molar-refractivity contribution in [3.8, 4) is 0 Å². The van der Waals surface area contributed by atoms with Gasteiger partial charge in [0.2, 0.25) is 5.91 Å². The Kier molecular flexibility index (Phi) is 2.90. The molecular weight excluding hydrogens is 160 g/mol. The largest absolute Gasteiger partial charge is 0.465 e. The fourth-order valence-corrected chi connectivity index (χ4v) is 1.00. The van der Waals surface area contributed by atoms with Crippen molar-refractivity contribution in [2.75, 3.05) is 19.6 Å². The molecule has 68 valence electrons. The van der Waals surface area contributed by atoms with E-state index in [9.17, 15) is 9.59 Å².